The number of hydrogen-bond acceptors (Lipinski definition) is 7. The molecule has 1 aliphatic rings. The maximum atomic E-state index is 12.9. The van der Waals surface area contributed by atoms with E-state index in [-0.39, 0.29) is 33.7 Å². The Morgan fingerprint density at radius 1 is 1.22 bits per heavy atom. The fourth-order valence-electron chi connectivity index (χ4n) is 3.65. The number of hydrogen-bond donors (Lipinski definition) is 1. The Morgan fingerprint density at radius 3 is 2.75 bits per heavy atom. The summed E-state index contributed by atoms with van der Waals surface area (Å²) in [7, 11) is -3.54. The summed E-state index contributed by atoms with van der Waals surface area (Å²) >= 11 is 1.17. The lowest BCUT2D eigenvalue weighted by molar-refractivity contribution is -0.119. The predicted octanol–water partition coefficient (Wildman–Crippen LogP) is 4.09. The topological polar surface area (TPSA) is 105 Å². The van der Waals surface area contributed by atoms with Crippen molar-refractivity contribution < 1.29 is 17.6 Å². The van der Waals surface area contributed by atoms with Gasteiger partial charge in [-0.05, 0) is 44.4 Å². The molecule has 0 aliphatic carbocycles. The van der Waals surface area contributed by atoms with Gasteiger partial charge in [0.05, 0.1) is 10.6 Å². The number of aromatic nitrogens is 2. The van der Waals surface area contributed by atoms with Crippen molar-refractivity contribution in [3.05, 3.63) is 24.3 Å². The average Bonchev–Trinajstić information content (AvgIpc) is 3.28. The Morgan fingerprint density at radius 2 is 2.00 bits per heavy atom. The molecule has 1 unspecified atom stereocenters. The molecule has 1 aliphatic heterocycles. The molecule has 2 aromatic rings. The van der Waals surface area contributed by atoms with Crippen molar-refractivity contribution in [1.29, 1.82) is 0 Å². The van der Waals surface area contributed by atoms with Crippen LogP contribution in [0.5, 0.6) is 0 Å². The maximum Gasteiger partial charge on any atom is 0.277 e. The summed E-state index contributed by atoms with van der Waals surface area (Å²) in [6.07, 6.45) is 7.21. The molecule has 1 fully saturated rings. The number of carbonyl (C=O) groups is 1. The number of nitrogens with zero attached hydrogens (tertiary/aromatic N) is 3. The third-order valence-corrected chi connectivity index (χ3v) is 8.13. The number of piperidine rings is 1. The van der Waals surface area contributed by atoms with Crippen molar-refractivity contribution >= 4 is 27.7 Å². The zero-order valence-electron chi connectivity index (χ0n) is 18.7. The molecule has 8 nitrogen and oxygen atoms in total. The summed E-state index contributed by atoms with van der Waals surface area (Å²) in [5, 5.41) is 11.3. The van der Waals surface area contributed by atoms with Gasteiger partial charge in [-0.15, -0.1) is 10.2 Å². The van der Waals surface area contributed by atoms with E-state index in [4.69, 9.17) is 4.42 Å². The Labute approximate surface area is 194 Å². The second kappa shape index (κ2) is 11.8. The third-order valence-electron chi connectivity index (χ3n) is 5.42. The fraction of sp³-hybridized carbons (Fsp3) is 0.591. The first-order chi connectivity index (χ1) is 15.4. The summed E-state index contributed by atoms with van der Waals surface area (Å²) in [4.78, 5) is 12.4. The third kappa shape index (κ3) is 6.79. The first-order valence-corrected chi connectivity index (χ1v) is 13.7. The molecule has 1 aromatic carbocycles. The molecule has 0 bridgehead atoms. The number of nitrogens with one attached hydrogen (secondary N) is 1. The van der Waals surface area contributed by atoms with Crippen molar-refractivity contribution in [1.82, 2.24) is 19.8 Å². The SMILES string of the molecule is CCCCCC(C)NC(=O)CSc1nnc(-c2cccc(S(=O)(=O)N3CCCCC3)c2)o1. The second-order valence-corrected chi connectivity index (χ2v) is 11.0. The van der Waals surface area contributed by atoms with Gasteiger partial charge in [-0.1, -0.05) is 50.4 Å². The van der Waals surface area contributed by atoms with Gasteiger partial charge in [-0.3, -0.25) is 4.79 Å². The summed E-state index contributed by atoms with van der Waals surface area (Å²) < 4.78 is 33.1. The molecule has 10 heteroatoms. The van der Waals surface area contributed by atoms with E-state index < -0.39 is 10.0 Å². The van der Waals surface area contributed by atoms with Crippen LogP contribution < -0.4 is 5.32 Å². The molecule has 3 rings (SSSR count). The zero-order valence-corrected chi connectivity index (χ0v) is 20.4. The Kier molecular flexibility index (Phi) is 9.12. The summed E-state index contributed by atoms with van der Waals surface area (Å²) in [5.41, 5.74) is 0.538. The molecule has 176 valence electrons. The first-order valence-electron chi connectivity index (χ1n) is 11.3. The summed E-state index contributed by atoms with van der Waals surface area (Å²) in [6, 6.07) is 6.71. The van der Waals surface area contributed by atoms with Crippen LogP contribution in [-0.2, 0) is 14.8 Å². The molecule has 1 amide bonds. The summed E-state index contributed by atoms with van der Waals surface area (Å²) in [6.45, 7) is 5.26. The van der Waals surface area contributed by atoms with E-state index in [2.05, 4.69) is 22.4 Å². The minimum Gasteiger partial charge on any atom is -0.411 e. The molecule has 1 atom stereocenters. The van der Waals surface area contributed by atoms with Crippen LogP contribution in [0.3, 0.4) is 0 Å². The van der Waals surface area contributed by atoms with Crippen LogP contribution in [0.4, 0.5) is 0 Å². The van der Waals surface area contributed by atoms with Gasteiger partial charge in [-0.25, -0.2) is 8.42 Å². The van der Waals surface area contributed by atoms with Gasteiger partial charge in [0.1, 0.15) is 0 Å². The molecule has 0 radical (unpaired) electrons. The van der Waals surface area contributed by atoms with Crippen LogP contribution in [0.15, 0.2) is 38.8 Å². The van der Waals surface area contributed by atoms with E-state index in [1.165, 1.54) is 22.5 Å². The number of thioether (sulfide) groups is 1. The van der Waals surface area contributed by atoms with Crippen molar-refractivity contribution in [2.45, 2.75) is 75.0 Å². The lowest BCUT2D eigenvalue weighted by Crippen LogP contribution is -2.35. The molecular weight excluding hydrogens is 448 g/mol. The molecular formula is C22H32N4O4S2. The minimum atomic E-state index is -3.54. The number of carbonyl (C=O) groups excluding carboxylic acids is 1. The monoisotopic (exact) mass is 480 g/mol. The Hall–Kier alpha value is -1.91. The smallest absolute Gasteiger partial charge is 0.277 e. The highest BCUT2D eigenvalue weighted by Crippen LogP contribution is 2.27. The fourth-order valence-corrected chi connectivity index (χ4v) is 5.78. The van der Waals surface area contributed by atoms with E-state index >= 15 is 0 Å². The molecule has 0 saturated carbocycles. The van der Waals surface area contributed by atoms with E-state index in [0.717, 1.165) is 38.5 Å². The summed E-state index contributed by atoms with van der Waals surface area (Å²) in [5.74, 6) is 0.341. The average molecular weight is 481 g/mol. The standard InChI is InChI=1S/C22H32N4O4S2/c1-3-4-6-10-17(2)23-20(27)16-31-22-25-24-21(30-22)18-11-9-12-19(15-18)32(28,29)26-13-7-5-8-14-26/h9,11-12,15,17H,3-8,10,13-14,16H2,1-2H3,(H,23,27). The first kappa shape index (κ1) is 24.7. The maximum absolute atomic E-state index is 12.9. The number of unbranched alkanes of at least 4 members (excludes halogenated alkanes) is 2. The van der Waals surface area contributed by atoms with E-state index in [9.17, 15) is 13.2 Å². The molecule has 1 saturated heterocycles. The van der Waals surface area contributed by atoms with Crippen LogP contribution in [0.2, 0.25) is 0 Å². The largest absolute Gasteiger partial charge is 0.411 e. The van der Waals surface area contributed by atoms with Crippen molar-refractivity contribution in [2.75, 3.05) is 18.8 Å². The molecule has 0 spiro atoms. The number of amides is 1. The Bertz CT molecular complexity index is 987. The van der Waals surface area contributed by atoms with Gasteiger partial charge in [0.15, 0.2) is 0 Å². The highest BCUT2D eigenvalue weighted by atomic mass is 32.2. The second-order valence-electron chi connectivity index (χ2n) is 8.12. The highest BCUT2D eigenvalue weighted by molar-refractivity contribution is 7.99. The van der Waals surface area contributed by atoms with Gasteiger partial charge in [0, 0.05) is 24.7 Å². The Balaban J connectivity index is 1.58. The zero-order chi connectivity index (χ0) is 23.0. The quantitative estimate of drug-likeness (QED) is 0.381. The van der Waals surface area contributed by atoms with Crippen molar-refractivity contribution in [3.63, 3.8) is 0 Å². The molecule has 32 heavy (non-hydrogen) atoms. The molecule has 2 heterocycles. The van der Waals surface area contributed by atoms with E-state index in [0.29, 0.717) is 18.7 Å². The minimum absolute atomic E-state index is 0.0756. The number of rotatable bonds is 11. The van der Waals surface area contributed by atoms with Gasteiger partial charge in [0.25, 0.3) is 5.22 Å². The molecule has 1 aromatic heterocycles. The van der Waals surface area contributed by atoms with Crippen LogP contribution in [0.1, 0.15) is 58.8 Å². The normalized spacial score (nSPS) is 16.1. The van der Waals surface area contributed by atoms with Crippen LogP contribution in [0.25, 0.3) is 11.5 Å². The van der Waals surface area contributed by atoms with Gasteiger partial charge in [-0.2, -0.15) is 4.31 Å². The highest BCUT2D eigenvalue weighted by Gasteiger charge is 2.26. The van der Waals surface area contributed by atoms with Crippen molar-refractivity contribution in [3.8, 4) is 11.5 Å². The van der Waals surface area contributed by atoms with Gasteiger partial charge < -0.3 is 9.73 Å². The number of benzene rings is 1. The van der Waals surface area contributed by atoms with Crippen LogP contribution in [-0.4, -0.2) is 53.7 Å². The van der Waals surface area contributed by atoms with E-state index in [1.807, 2.05) is 6.92 Å². The van der Waals surface area contributed by atoms with Gasteiger partial charge in [0.2, 0.25) is 21.8 Å². The predicted molar refractivity (Wildman–Crippen MR) is 125 cm³/mol. The van der Waals surface area contributed by atoms with Gasteiger partial charge >= 0.3 is 0 Å². The van der Waals surface area contributed by atoms with Crippen LogP contribution in [0, 0.1) is 0 Å². The lowest BCUT2D eigenvalue weighted by Gasteiger charge is -2.25. The van der Waals surface area contributed by atoms with Crippen LogP contribution >= 0.6 is 11.8 Å². The van der Waals surface area contributed by atoms with E-state index in [1.54, 1.807) is 24.3 Å². The van der Waals surface area contributed by atoms with Crippen molar-refractivity contribution in [2.24, 2.45) is 0 Å². The molecule has 1 N–H and O–H groups in total. The number of sulfonamides is 1. The lowest BCUT2D eigenvalue weighted by atomic mass is 10.1.